The highest BCUT2D eigenvalue weighted by Crippen LogP contribution is 2.24. The fraction of sp³-hybridized carbons (Fsp3) is 0.318. The monoisotopic (exact) mass is 374 g/mol. The van der Waals surface area contributed by atoms with Crippen LogP contribution in [-0.2, 0) is 6.42 Å². The molecule has 0 spiro atoms. The maximum absolute atomic E-state index is 4.42. The van der Waals surface area contributed by atoms with Crippen LogP contribution in [0.15, 0.2) is 61.2 Å². The van der Waals surface area contributed by atoms with Crippen molar-refractivity contribution >= 4 is 23.0 Å². The van der Waals surface area contributed by atoms with Crippen LogP contribution in [0, 0.1) is 0 Å². The minimum absolute atomic E-state index is 0.801. The van der Waals surface area contributed by atoms with Gasteiger partial charge in [0.05, 0.1) is 0 Å². The predicted molar refractivity (Wildman–Crippen MR) is 114 cm³/mol. The summed E-state index contributed by atoms with van der Waals surface area (Å²) in [6.45, 7) is 3.20. The van der Waals surface area contributed by atoms with Gasteiger partial charge in [0.2, 0.25) is 0 Å². The number of pyridine rings is 1. The standard InChI is InChI=1S/C22H26N6/c1-27(15-10-18-8-11-23-12-9-18)22-16-21(24-17-25-22)26-19-4-6-20(7-5-19)28-13-2-3-14-28/h4-9,11-12,16-17H,2-3,10,13-15H2,1H3,(H,24,25,26). The van der Waals surface area contributed by atoms with Crippen molar-refractivity contribution in [1.29, 1.82) is 0 Å². The Bertz CT molecular complexity index is 875. The quantitative estimate of drug-likeness (QED) is 0.677. The van der Waals surface area contributed by atoms with Gasteiger partial charge in [-0.2, -0.15) is 0 Å². The Kier molecular flexibility index (Phi) is 5.66. The van der Waals surface area contributed by atoms with Crippen LogP contribution in [-0.4, -0.2) is 41.6 Å². The summed E-state index contributed by atoms with van der Waals surface area (Å²) in [7, 11) is 2.05. The Morgan fingerprint density at radius 2 is 1.75 bits per heavy atom. The van der Waals surface area contributed by atoms with Crippen LogP contribution in [0.2, 0.25) is 0 Å². The highest BCUT2D eigenvalue weighted by Gasteiger charge is 2.12. The van der Waals surface area contributed by atoms with E-state index in [1.807, 2.05) is 30.6 Å². The van der Waals surface area contributed by atoms with Crippen molar-refractivity contribution in [2.75, 3.05) is 41.8 Å². The minimum Gasteiger partial charge on any atom is -0.372 e. The lowest BCUT2D eigenvalue weighted by Gasteiger charge is -2.19. The molecule has 1 fully saturated rings. The third-order valence-corrected chi connectivity index (χ3v) is 5.14. The highest BCUT2D eigenvalue weighted by molar-refractivity contribution is 5.62. The van der Waals surface area contributed by atoms with E-state index in [2.05, 4.69) is 61.4 Å². The molecule has 0 aliphatic carbocycles. The van der Waals surface area contributed by atoms with Gasteiger partial charge in [-0.15, -0.1) is 0 Å². The maximum atomic E-state index is 4.42. The molecule has 0 amide bonds. The molecule has 2 aromatic heterocycles. The lowest BCUT2D eigenvalue weighted by atomic mass is 10.2. The molecule has 144 valence electrons. The Morgan fingerprint density at radius 3 is 2.50 bits per heavy atom. The van der Waals surface area contributed by atoms with Crippen LogP contribution in [0.3, 0.4) is 0 Å². The number of aromatic nitrogens is 3. The number of nitrogens with zero attached hydrogens (tertiary/aromatic N) is 5. The lowest BCUT2D eigenvalue weighted by molar-refractivity contribution is 0.855. The largest absolute Gasteiger partial charge is 0.372 e. The Balaban J connectivity index is 1.37. The second-order valence-corrected chi connectivity index (χ2v) is 7.15. The second-order valence-electron chi connectivity index (χ2n) is 7.15. The molecular weight excluding hydrogens is 348 g/mol. The van der Waals surface area contributed by atoms with Crippen LogP contribution in [0.5, 0.6) is 0 Å². The van der Waals surface area contributed by atoms with Crippen LogP contribution >= 0.6 is 0 Å². The van der Waals surface area contributed by atoms with E-state index >= 15 is 0 Å². The highest BCUT2D eigenvalue weighted by atomic mass is 15.2. The molecule has 1 aromatic carbocycles. The molecule has 0 unspecified atom stereocenters. The second kappa shape index (κ2) is 8.69. The van der Waals surface area contributed by atoms with Gasteiger partial charge in [0, 0.05) is 56.5 Å². The zero-order valence-electron chi connectivity index (χ0n) is 16.3. The normalized spacial score (nSPS) is 13.5. The number of nitrogens with one attached hydrogen (secondary N) is 1. The van der Waals surface area contributed by atoms with E-state index in [1.165, 1.54) is 24.1 Å². The average Bonchev–Trinajstić information content (AvgIpc) is 3.28. The first-order valence-corrected chi connectivity index (χ1v) is 9.82. The first kappa shape index (κ1) is 18.2. The molecule has 1 aliphatic rings. The van der Waals surface area contributed by atoms with Crippen molar-refractivity contribution in [2.24, 2.45) is 0 Å². The molecule has 0 radical (unpaired) electrons. The van der Waals surface area contributed by atoms with Gasteiger partial charge < -0.3 is 15.1 Å². The van der Waals surface area contributed by atoms with E-state index in [-0.39, 0.29) is 0 Å². The van der Waals surface area contributed by atoms with Crippen molar-refractivity contribution < 1.29 is 0 Å². The molecular formula is C22H26N6. The lowest BCUT2D eigenvalue weighted by Crippen LogP contribution is -2.21. The van der Waals surface area contributed by atoms with Crippen LogP contribution in [0.4, 0.5) is 23.0 Å². The summed E-state index contributed by atoms with van der Waals surface area (Å²) in [5, 5.41) is 3.39. The molecule has 4 rings (SSSR count). The van der Waals surface area contributed by atoms with E-state index in [1.54, 1.807) is 6.33 Å². The summed E-state index contributed by atoms with van der Waals surface area (Å²) in [5.41, 5.74) is 3.60. The molecule has 1 saturated heterocycles. The van der Waals surface area contributed by atoms with Crippen molar-refractivity contribution in [3.8, 4) is 0 Å². The Morgan fingerprint density at radius 1 is 1.00 bits per heavy atom. The summed E-state index contributed by atoms with van der Waals surface area (Å²) >= 11 is 0. The molecule has 0 saturated carbocycles. The van der Waals surface area contributed by atoms with Crippen molar-refractivity contribution in [3.63, 3.8) is 0 Å². The number of anilines is 4. The van der Waals surface area contributed by atoms with E-state index < -0.39 is 0 Å². The van der Waals surface area contributed by atoms with E-state index in [9.17, 15) is 0 Å². The fourth-order valence-corrected chi connectivity index (χ4v) is 3.46. The Hall–Kier alpha value is -3.15. The van der Waals surface area contributed by atoms with Gasteiger partial charge in [0.25, 0.3) is 0 Å². The van der Waals surface area contributed by atoms with E-state index in [4.69, 9.17) is 0 Å². The van der Waals surface area contributed by atoms with Gasteiger partial charge in [-0.1, -0.05) is 0 Å². The summed E-state index contributed by atoms with van der Waals surface area (Å²) in [4.78, 5) is 17.4. The summed E-state index contributed by atoms with van der Waals surface area (Å²) < 4.78 is 0. The number of rotatable bonds is 7. The molecule has 1 N–H and O–H groups in total. The van der Waals surface area contributed by atoms with Crippen molar-refractivity contribution in [2.45, 2.75) is 19.3 Å². The molecule has 28 heavy (non-hydrogen) atoms. The fourth-order valence-electron chi connectivity index (χ4n) is 3.46. The number of benzene rings is 1. The number of hydrogen-bond donors (Lipinski definition) is 1. The van der Waals surface area contributed by atoms with Gasteiger partial charge in [-0.25, -0.2) is 9.97 Å². The third-order valence-electron chi connectivity index (χ3n) is 5.14. The first-order chi connectivity index (χ1) is 13.8. The Labute approximate surface area is 166 Å². The summed E-state index contributed by atoms with van der Waals surface area (Å²) in [5.74, 6) is 1.70. The van der Waals surface area contributed by atoms with Gasteiger partial charge >= 0.3 is 0 Å². The minimum atomic E-state index is 0.801. The molecule has 1 aliphatic heterocycles. The summed E-state index contributed by atoms with van der Waals surface area (Å²) in [6, 6.07) is 14.7. The smallest absolute Gasteiger partial charge is 0.135 e. The van der Waals surface area contributed by atoms with Crippen LogP contribution in [0.1, 0.15) is 18.4 Å². The maximum Gasteiger partial charge on any atom is 0.135 e. The third kappa shape index (κ3) is 4.57. The molecule has 0 atom stereocenters. The zero-order valence-corrected chi connectivity index (χ0v) is 16.3. The zero-order chi connectivity index (χ0) is 19.2. The van der Waals surface area contributed by atoms with Crippen LogP contribution < -0.4 is 15.1 Å². The van der Waals surface area contributed by atoms with E-state index in [0.29, 0.717) is 0 Å². The molecule has 3 aromatic rings. The van der Waals surface area contributed by atoms with Crippen LogP contribution in [0.25, 0.3) is 0 Å². The number of likely N-dealkylation sites (N-methyl/N-ethyl adjacent to an activating group) is 1. The molecule has 0 bridgehead atoms. The SMILES string of the molecule is CN(CCc1ccncc1)c1cc(Nc2ccc(N3CCCC3)cc2)ncn1. The summed E-state index contributed by atoms with van der Waals surface area (Å²) in [6.07, 6.45) is 8.80. The van der Waals surface area contributed by atoms with Gasteiger partial charge in [-0.05, 0) is 61.2 Å². The van der Waals surface area contributed by atoms with Gasteiger partial charge in [0.1, 0.15) is 18.0 Å². The van der Waals surface area contributed by atoms with E-state index in [0.717, 1.165) is 43.4 Å². The van der Waals surface area contributed by atoms with Gasteiger partial charge in [0.15, 0.2) is 0 Å². The molecule has 6 nitrogen and oxygen atoms in total. The molecule has 6 heteroatoms. The average molecular weight is 374 g/mol. The topological polar surface area (TPSA) is 57.2 Å². The number of hydrogen-bond acceptors (Lipinski definition) is 6. The molecule has 3 heterocycles. The first-order valence-electron chi connectivity index (χ1n) is 9.82. The predicted octanol–water partition coefficient (Wildman–Crippen LogP) is 3.89. The van der Waals surface area contributed by atoms with Crippen molar-refractivity contribution in [3.05, 3.63) is 66.7 Å². The van der Waals surface area contributed by atoms with Crippen molar-refractivity contribution in [1.82, 2.24) is 15.0 Å². The van der Waals surface area contributed by atoms with Gasteiger partial charge in [-0.3, -0.25) is 4.98 Å².